The van der Waals surface area contributed by atoms with E-state index < -0.39 is 5.41 Å². The van der Waals surface area contributed by atoms with Crippen LogP contribution in [0.3, 0.4) is 0 Å². The maximum atomic E-state index is 13.3. The second-order valence-corrected chi connectivity index (χ2v) is 8.40. The van der Waals surface area contributed by atoms with E-state index in [1.807, 2.05) is 53.4 Å². The predicted octanol–water partition coefficient (Wildman–Crippen LogP) is 3.88. The molecule has 1 spiro atoms. The number of nitrogens with one attached hydrogen (secondary N) is 1. The van der Waals surface area contributed by atoms with Gasteiger partial charge in [-0.2, -0.15) is 0 Å². The number of piperidine rings is 1. The van der Waals surface area contributed by atoms with Crippen molar-refractivity contribution in [1.29, 1.82) is 0 Å². The lowest BCUT2D eigenvalue weighted by Crippen LogP contribution is -2.50. The molecule has 0 radical (unpaired) electrons. The van der Waals surface area contributed by atoms with Crippen LogP contribution in [0.4, 0.5) is 5.69 Å². The van der Waals surface area contributed by atoms with Gasteiger partial charge in [-0.3, -0.25) is 9.59 Å². The summed E-state index contributed by atoms with van der Waals surface area (Å²) in [6.07, 6.45) is 3.13. The van der Waals surface area contributed by atoms with Crippen LogP contribution in [0.1, 0.15) is 36.8 Å². The van der Waals surface area contributed by atoms with Gasteiger partial charge in [-0.15, -0.1) is 0 Å². The number of amides is 2. The van der Waals surface area contributed by atoms with Gasteiger partial charge in [0.2, 0.25) is 11.8 Å². The largest absolute Gasteiger partial charge is 0.342 e. The first-order valence-electron chi connectivity index (χ1n) is 9.52. The molecule has 2 amide bonds. The van der Waals surface area contributed by atoms with Gasteiger partial charge in [0, 0.05) is 23.8 Å². The van der Waals surface area contributed by atoms with Crippen molar-refractivity contribution in [2.24, 2.45) is 0 Å². The lowest BCUT2D eigenvalue weighted by Gasteiger charge is -2.39. The van der Waals surface area contributed by atoms with Crippen molar-refractivity contribution in [3.63, 3.8) is 0 Å². The fourth-order valence-electron chi connectivity index (χ4n) is 4.78. The zero-order valence-corrected chi connectivity index (χ0v) is 15.8. The number of hydrogen-bond donors (Lipinski definition) is 1. The summed E-state index contributed by atoms with van der Waals surface area (Å²) in [6, 6.07) is 15.6. The van der Waals surface area contributed by atoms with Crippen LogP contribution in [0.15, 0.2) is 48.5 Å². The van der Waals surface area contributed by atoms with Crippen LogP contribution >= 0.6 is 11.6 Å². The van der Waals surface area contributed by atoms with E-state index in [4.69, 9.17) is 11.6 Å². The summed E-state index contributed by atoms with van der Waals surface area (Å²) in [4.78, 5) is 28.0. The first kappa shape index (κ1) is 16.8. The van der Waals surface area contributed by atoms with Gasteiger partial charge in [0.25, 0.3) is 0 Å². The minimum Gasteiger partial charge on any atom is -0.342 e. The molecule has 2 fully saturated rings. The Morgan fingerprint density at radius 3 is 2.30 bits per heavy atom. The lowest BCUT2D eigenvalue weighted by molar-refractivity contribution is -0.137. The molecule has 4 nitrogen and oxygen atoms in total. The first-order valence-corrected chi connectivity index (χ1v) is 9.89. The zero-order valence-electron chi connectivity index (χ0n) is 15.0. The highest BCUT2D eigenvalue weighted by atomic mass is 35.5. The number of para-hydroxylation sites is 1. The molecule has 0 bridgehead atoms. The molecule has 1 saturated heterocycles. The Labute approximate surface area is 163 Å². The minimum atomic E-state index is -0.482. The Hall–Kier alpha value is -2.33. The third-order valence-electron chi connectivity index (χ3n) is 6.59. The number of hydrogen-bond acceptors (Lipinski definition) is 2. The van der Waals surface area contributed by atoms with Crippen LogP contribution < -0.4 is 5.32 Å². The van der Waals surface area contributed by atoms with Crippen molar-refractivity contribution in [3.8, 4) is 0 Å². The molecule has 3 aliphatic rings. The monoisotopic (exact) mass is 380 g/mol. The average molecular weight is 381 g/mol. The fraction of sp³-hybridized carbons (Fsp3) is 0.364. The summed E-state index contributed by atoms with van der Waals surface area (Å²) in [5, 5.41) is 3.71. The minimum absolute atomic E-state index is 0.0784. The normalized spacial score (nSPS) is 21.7. The maximum absolute atomic E-state index is 13.3. The summed E-state index contributed by atoms with van der Waals surface area (Å²) in [7, 11) is 0. The van der Waals surface area contributed by atoms with Crippen LogP contribution in [0, 0.1) is 0 Å². The van der Waals surface area contributed by atoms with E-state index in [-0.39, 0.29) is 17.2 Å². The molecule has 1 N–H and O–H groups in total. The topological polar surface area (TPSA) is 49.4 Å². The average Bonchev–Trinajstić information content (AvgIpc) is 3.46. The van der Waals surface area contributed by atoms with E-state index >= 15 is 0 Å². The Balaban J connectivity index is 1.36. The summed E-state index contributed by atoms with van der Waals surface area (Å²) in [5.74, 6) is 0.279. The number of benzene rings is 2. The lowest BCUT2D eigenvalue weighted by atomic mass is 9.73. The summed E-state index contributed by atoms with van der Waals surface area (Å²) in [6.45, 7) is 1.24. The highest BCUT2D eigenvalue weighted by Crippen LogP contribution is 2.51. The third kappa shape index (κ3) is 2.43. The zero-order chi connectivity index (χ0) is 18.6. The van der Waals surface area contributed by atoms with Crippen molar-refractivity contribution in [2.45, 2.75) is 36.5 Å². The Morgan fingerprint density at radius 2 is 1.63 bits per heavy atom. The van der Waals surface area contributed by atoms with Gasteiger partial charge in [0.05, 0.1) is 10.8 Å². The molecule has 5 heteroatoms. The van der Waals surface area contributed by atoms with Gasteiger partial charge < -0.3 is 10.2 Å². The van der Waals surface area contributed by atoms with Crippen LogP contribution in [0.25, 0.3) is 0 Å². The molecule has 5 rings (SSSR count). The van der Waals surface area contributed by atoms with E-state index in [1.54, 1.807) is 0 Å². The molecule has 1 saturated carbocycles. The van der Waals surface area contributed by atoms with E-state index in [0.29, 0.717) is 31.0 Å². The molecule has 2 heterocycles. The second-order valence-electron chi connectivity index (χ2n) is 7.96. The number of likely N-dealkylation sites (tertiary alicyclic amines) is 1. The second kappa shape index (κ2) is 5.83. The van der Waals surface area contributed by atoms with E-state index in [1.165, 1.54) is 0 Å². The fourth-order valence-corrected chi connectivity index (χ4v) is 4.91. The summed E-state index contributed by atoms with van der Waals surface area (Å²) >= 11 is 6.00. The van der Waals surface area contributed by atoms with Gasteiger partial charge >= 0.3 is 0 Å². The molecule has 2 aliphatic heterocycles. The molecule has 0 aromatic heterocycles. The number of anilines is 1. The van der Waals surface area contributed by atoms with E-state index in [0.717, 1.165) is 29.7 Å². The van der Waals surface area contributed by atoms with Crippen LogP contribution in [0.5, 0.6) is 0 Å². The Bertz CT molecular complexity index is 926. The van der Waals surface area contributed by atoms with E-state index in [9.17, 15) is 9.59 Å². The predicted molar refractivity (Wildman–Crippen MR) is 105 cm³/mol. The van der Waals surface area contributed by atoms with Gasteiger partial charge in [-0.05, 0) is 55.0 Å². The highest BCUT2D eigenvalue weighted by Gasteiger charge is 2.55. The van der Waals surface area contributed by atoms with Crippen LogP contribution in [-0.4, -0.2) is 29.8 Å². The molecule has 27 heavy (non-hydrogen) atoms. The number of fused-ring (bicyclic) bond motifs is 2. The van der Waals surface area contributed by atoms with Crippen molar-refractivity contribution in [2.75, 3.05) is 18.4 Å². The number of carbonyl (C=O) groups excluding carboxylic acids is 2. The Kier molecular flexibility index (Phi) is 3.63. The highest BCUT2D eigenvalue weighted by molar-refractivity contribution is 6.30. The molecule has 0 atom stereocenters. The maximum Gasteiger partial charge on any atom is 0.235 e. The quantitative estimate of drug-likeness (QED) is 0.859. The molecular weight excluding hydrogens is 360 g/mol. The first-order chi connectivity index (χ1) is 13.1. The van der Waals surface area contributed by atoms with E-state index in [2.05, 4.69) is 5.32 Å². The number of nitrogens with zero attached hydrogens (tertiary/aromatic N) is 1. The van der Waals surface area contributed by atoms with Gasteiger partial charge in [-0.1, -0.05) is 41.9 Å². The van der Waals surface area contributed by atoms with Crippen molar-refractivity contribution < 1.29 is 9.59 Å². The molecule has 0 unspecified atom stereocenters. The van der Waals surface area contributed by atoms with Gasteiger partial charge in [0.15, 0.2) is 0 Å². The number of rotatable bonds is 2. The SMILES string of the molecule is O=C(N1CCC2(CC1)C(=O)Nc1ccccc12)C1(c2ccc(Cl)cc2)CC1. The Morgan fingerprint density at radius 1 is 0.963 bits per heavy atom. The molecule has 2 aromatic rings. The van der Waals surface area contributed by atoms with Gasteiger partial charge in [0.1, 0.15) is 0 Å². The van der Waals surface area contributed by atoms with Crippen molar-refractivity contribution >= 4 is 29.1 Å². The molecule has 2 aromatic carbocycles. The van der Waals surface area contributed by atoms with Gasteiger partial charge in [-0.25, -0.2) is 0 Å². The smallest absolute Gasteiger partial charge is 0.235 e. The number of halogens is 1. The molecular formula is C22H21ClN2O2. The summed E-state index contributed by atoms with van der Waals surface area (Å²) in [5.41, 5.74) is 2.19. The summed E-state index contributed by atoms with van der Waals surface area (Å²) < 4.78 is 0. The molecule has 1 aliphatic carbocycles. The van der Waals surface area contributed by atoms with Crippen molar-refractivity contribution in [3.05, 3.63) is 64.7 Å². The third-order valence-corrected chi connectivity index (χ3v) is 6.84. The van der Waals surface area contributed by atoms with Crippen LogP contribution in [-0.2, 0) is 20.4 Å². The van der Waals surface area contributed by atoms with Crippen LogP contribution in [0.2, 0.25) is 5.02 Å². The molecule has 138 valence electrons. The standard InChI is InChI=1S/C22H21ClN2O2/c23-16-7-5-15(6-8-16)21(9-10-21)20(27)25-13-11-22(12-14-25)17-3-1-2-4-18(17)24-19(22)26/h1-8H,9-14H2,(H,24,26). The van der Waals surface area contributed by atoms with Crippen molar-refractivity contribution in [1.82, 2.24) is 4.90 Å². The number of carbonyl (C=O) groups is 2.